The third-order valence-corrected chi connectivity index (χ3v) is 4.03. The van der Waals surface area contributed by atoms with E-state index in [0.717, 1.165) is 25.8 Å². The molecule has 2 aliphatic rings. The molecule has 2 rings (SSSR count). The van der Waals surface area contributed by atoms with E-state index in [-0.39, 0.29) is 5.91 Å². The molecule has 0 bridgehead atoms. The van der Waals surface area contributed by atoms with E-state index in [2.05, 4.69) is 6.08 Å². The number of carbonyl (C=O) groups excluding carboxylic acids is 1. The molecule has 0 aromatic rings. The predicted octanol–water partition coefficient (Wildman–Crippen LogP) is 1.36. The summed E-state index contributed by atoms with van der Waals surface area (Å²) in [6.07, 6.45) is 6.23. The van der Waals surface area contributed by atoms with Gasteiger partial charge in [-0.2, -0.15) is 0 Å². The maximum atomic E-state index is 12.2. The van der Waals surface area contributed by atoms with Crippen LogP contribution in [0.3, 0.4) is 0 Å². The average molecular weight is 252 g/mol. The van der Waals surface area contributed by atoms with Crippen LogP contribution in [0.4, 0.5) is 0 Å². The number of aliphatic hydroxyl groups is 1. The highest BCUT2D eigenvalue weighted by molar-refractivity contribution is 5.80. The smallest absolute Gasteiger partial charge is 0.240 e. The van der Waals surface area contributed by atoms with E-state index in [9.17, 15) is 9.90 Å². The van der Waals surface area contributed by atoms with E-state index >= 15 is 0 Å². The second kappa shape index (κ2) is 5.41. The molecule has 1 aliphatic carbocycles. The van der Waals surface area contributed by atoms with Crippen LogP contribution < -0.4 is 0 Å². The first-order valence-corrected chi connectivity index (χ1v) is 7.02. The number of nitrogens with zero attached hydrogens (tertiary/aromatic N) is 2. The quantitative estimate of drug-likeness (QED) is 0.803. The number of likely N-dealkylation sites (N-methyl/N-ethyl adjacent to an activating group) is 1. The number of rotatable bonds is 5. The molecule has 0 saturated carbocycles. The molecule has 1 aliphatic heterocycles. The first-order chi connectivity index (χ1) is 8.58. The normalized spacial score (nSPS) is 22.5. The van der Waals surface area contributed by atoms with Gasteiger partial charge in [-0.05, 0) is 32.6 Å². The van der Waals surface area contributed by atoms with Crippen molar-refractivity contribution in [1.29, 1.82) is 0 Å². The van der Waals surface area contributed by atoms with E-state index in [0.29, 0.717) is 19.6 Å². The first kappa shape index (κ1) is 13.6. The molecule has 0 atom stereocenters. The molecular weight excluding hydrogens is 228 g/mol. The molecule has 4 nitrogen and oxygen atoms in total. The monoisotopic (exact) mass is 252 g/mol. The highest BCUT2D eigenvalue weighted by Crippen LogP contribution is 2.25. The average Bonchev–Trinajstić information content (AvgIpc) is 2.81. The van der Waals surface area contributed by atoms with E-state index in [1.54, 1.807) is 0 Å². The number of likely N-dealkylation sites (tertiary alicyclic amines) is 1. The first-order valence-electron chi connectivity index (χ1n) is 7.02. The molecule has 0 aromatic heterocycles. The second-order valence-corrected chi connectivity index (χ2v) is 5.45. The lowest BCUT2D eigenvalue weighted by Gasteiger charge is -2.46. The SMILES string of the molecule is CCN(C(=O)CN1CC(O)(CC)C1)C1=CCCC1. The van der Waals surface area contributed by atoms with Crippen molar-refractivity contribution in [2.45, 2.75) is 45.1 Å². The second-order valence-electron chi connectivity index (χ2n) is 5.45. The van der Waals surface area contributed by atoms with Gasteiger partial charge in [-0.1, -0.05) is 13.0 Å². The van der Waals surface area contributed by atoms with Gasteiger partial charge in [-0.3, -0.25) is 9.69 Å². The standard InChI is InChI=1S/C14H24N2O2/c1-3-14(18)10-15(11-14)9-13(17)16(4-2)12-7-5-6-8-12/h7,18H,3-6,8-11H2,1-2H3. The Kier molecular flexibility index (Phi) is 4.07. The summed E-state index contributed by atoms with van der Waals surface area (Å²) < 4.78 is 0. The zero-order valence-corrected chi connectivity index (χ0v) is 11.5. The van der Waals surface area contributed by atoms with Crippen LogP contribution >= 0.6 is 0 Å². The Hall–Kier alpha value is -0.870. The van der Waals surface area contributed by atoms with E-state index < -0.39 is 5.60 Å². The van der Waals surface area contributed by atoms with E-state index in [1.165, 1.54) is 12.1 Å². The van der Waals surface area contributed by atoms with Crippen LogP contribution in [0.25, 0.3) is 0 Å². The van der Waals surface area contributed by atoms with Gasteiger partial charge in [0, 0.05) is 25.3 Å². The summed E-state index contributed by atoms with van der Waals surface area (Å²) in [4.78, 5) is 16.2. The summed E-state index contributed by atoms with van der Waals surface area (Å²) in [5, 5.41) is 9.93. The van der Waals surface area contributed by atoms with Crippen molar-refractivity contribution in [3.63, 3.8) is 0 Å². The lowest BCUT2D eigenvalue weighted by Crippen LogP contribution is -2.63. The van der Waals surface area contributed by atoms with Crippen molar-refractivity contribution in [2.75, 3.05) is 26.2 Å². The lowest BCUT2D eigenvalue weighted by molar-refractivity contribution is -0.140. The number of carbonyl (C=O) groups is 1. The summed E-state index contributed by atoms with van der Waals surface area (Å²) in [7, 11) is 0. The molecule has 1 N–H and O–H groups in total. The molecule has 4 heteroatoms. The Labute approximate surface area is 109 Å². The van der Waals surface area contributed by atoms with Crippen LogP contribution in [-0.2, 0) is 4.79 Å². The molecular formula is C14H24N2O2. The van der Waals surface area contributed by atoms with Gasteiger partial charge in [0.1, 0.15) is 0 Å². The summed E-state index contributed by atoms with van der Waals surface area (Å²) in [6, 6.07) is 0. The Balaban J connectivity index is 1.84. The summed E-state index contributed by atoms with van der Waals surface area (Å²) in [5.74, 6) is 0.170. The Morgan fingerprint density at radius 1 is 1.50 bits per heavy atom. The van der Waals surface area contributed by atoms with Crippen molar-refractivity contribution in [3.05, 3.63) is 11.8 Å². The third-order valence-electron chi connectivity index (χ3n) is 4.03. The molecule has 0 unspecified atom stereocenters. The maximum absolute atomic E-state index is 12.2. The number of β-amino-alcohol motifs (C(OH)–C–C–N with tert-alkyl or cyclic N) is 1. The van der Waals surface area contributed by atoms with Crippen LogP contribution in [0.15, 0.2) is 11.8 Å². The van der Waals surface area contributed by atoms with Crippen molar-refractivity contribution in [2.24, 2.45) is 0 Å². The number of hydrogen-bond donors (Lipinski definition) is 1. The third kappa shape index (κ3) is 2.75. The molecule has 0 radical (unpaired) electrons. The van der Waals surface area contributed by atoms with Crippen LogP contribution in [0.5, 0.6) is 0 Å². The molecule has 18 heavy (non-hydrogen) atoms. The number of hydrogen-bond acceptors (Lipinski definition) is 3. The zero-order valence-electron chi connectivity index (χ0n) is 11.5. The molecule has 0 spiro atoms. The van der Waals surface area contributed by atoms with E-state index in [4.69, 9.17) is 0 Å². The zero-order chi connectivity index (χ0) is 13.2. The maximum Gasteiger partial charge on any atom is 0.240 e. The van der Waals surface area contributed by atoms with Gasteiger partial charge in [-0.25, -0.2) is 0 Å². The molecule has 1 saturated heterocycles. The minimum Gasteiger partial charge on any atom is -0.387 e. The van der Waals surface area contributed by atoms with Crippen molar-refractivity contribution >= 4 is 5.91 Å². The fraction of sp³-hybridized carbons (Fsp3) is 0.786. The molecule has 1 heterocycles. The van der Waals surface area contributed by atoms with Crippen molar-refractivity contribution < 1.29 is 9.90 Å². The minimum absolute atomic E-state index is 0.170. The van der Waals surface area contributed by atoms with Crippen LogP contribution in [0.2, 0.25) is 0 Å². The van der Waals surface area contributed by atoms with Crippen molar-refractivity contribution in [3.8, 4) is 0 Å². The largest absolute Gasteiger partial charge is 0.387 e. The number of amides is 1. The minimum atomic E-state index is -0.552. The number of allylic oxidation sites excluding steroid dienone is 2. The van der Waals surface area contributed by atoms with Gasteiger partial charge >= 0.3 is 0 Å². The van der Waals surface area contributed by atoms with E-state index in [1.807, 2.05) is 23.6 Å². The fourth-order valence-electron chi connectivity index (χ4n) is 2.84. The fourth-order valence-corrected chi connectivity index (χ4v) is 2.84. The highest BCUT2D eigenvalue weighted by atomic mass is 16.3. The topological polar surface area (TPSA) is 43.8 Å². The predicted molar refractivity (Wildman–Crippen MR) is 71.0 cm³/mol. The molecule has 1 fully saturated rings. The van der Waals surface area contributed by atoms with Gasteiger partial charge in [-0.15, -0.1) is 0 Å². The van der Waals surface area contributed by atoms with Crippen molar-refractivity contribution in [1.82, 2.24) is 9.80 Å². The Morgan fingerprint density at radius 3 is 2.72 bits per heavy atom. The Bertz CT molecular complexity index is 346. The van der Waals surface area contributed by atoms with Crippen LogP contribution in [-0.4, -0.2) is 52.6 Å². The van der Waals surface area contributed by atoms with Crippen LogP contribution in [0, 0.1) is 0 Å². The van der Waals surface area contributed by atoms with Gasteiger partial charge in [0.25, 0.3) is 0 Å². The summed E-state index contributed by atoms with van der Waals surface area (Å²) >= 11 is 0. The van der Waals surface area contributed by atoms with Crippen LogP contribution in [0.1, 0.15) is 39.5 Å². The summed E-state index contributed by atoms with van der Waals surface area (Å²) in [6.45, 7) is 6.46. The molecule has 0 aromatic carbocycles. The summed E-state index contributed by atoms with van der Waals surface area (Å²) in [5.41, 5.74) is 0.637. The van der Waals surface area contributed by atoms with Gasteiger partial charge in [0.2, 0.25) is 5.91 Å². The van der Waals surface area contributed by atoms with Gasteiger partial charge < -0.3 is 10.0 Å². The molecule has 102 valence electrons. The molecule has 1 amide bonds. The highest BCUT2D eigenvalue weighted by Gasteiger charge is 2.40. The lowest BCUT2D eigenvalue weighted by atomic mass is 9.91. The van der Waals surface area contributed by atoms with Gasteiger partial charge in [0.15, 0.2) is 0 Å². The Morgan fingerprint density at radius 2 is 2.22 bits per heavy atom. The van der Waals surface area contributed by atoms with Gasteiger partial charge in [0.05, 0.1) is 12.1 Å².